The lowest BCUT2D eigenvalue weighted by molar-refractivity contribution is -0.00737. The Labute approximate surface area is 109 Å². The maximum absolute atomic E-state index is 12.0. The van der Waals surface area contributed by atoms with Crippen LogP contribution in [0.3, 0.4) is 0 Å². The molecule has 0 saturated carbocycles. The molecule has 0 aromatic carbocycles. The fraction of sp³-hybridized carbons (Fsp3) is 0.455. The van der Waals surface area contributed by atoms with Gasteiger partial charge in [-0.05, 0) is 14.1 Å². The zero-order chi connectivity index (χ0) is 14.0. The lowest BCUT2D eigenvalue weighted by atomic mass is 10.4. The number of imidazole rings is 1. The van der Waals surface area contributed by atoms with E-state index >= 15 is 0 Å². The first kappa shape index (κ1) is 13.2. The average molecular weight is 262 g/mol. The summed E-state index contributed by atoms with van der Waals surface area (Å²) in [5.41, 5.74) is 0.513. The van der Waals surface area contributed by atoms with Gasteiger partial charge in [-0.2, -0.15) is 4.68 Å². The van der Waals surface area contributed by atoms with Gasteiger partial charge in [0.05, 0.1) is 0 Å². The Morgan fingerprint density at radius 2 is 2.32 bits per heavy atom. The molecule has 19 heavy (non-hydrogen) atoms. The first-order chi connectivity index (χ1) is 9.10. The summed E-state index contributed by atoms with van der Waals surface area (Å²) >= 11 is 0. The van der Waals surface area contributed by atoms with E-state index in [1.807, 2.05) is 19.0 Å². The summed E-state index contributed by atoms with van der Waals surface area (Å²) < 4.78 is 7.72. The minimum atomic E-state index is -0.401. The molecule has 0 spiro atoms. The third-order valence-electron chi connectivity index (χ3n) is 2.61. The maximum Gasteiger partial charge on any atom is 0.353 e. The van der Waals surface area contributed by atoms with E-state index in [0.29, 0.717) is 11.3 Å². The predicted molar refractivity (Wildman–Crippen MR) is 67.3 cm³/mol. The molecular formula is C11H14N6O2. The molecule has 0 aliphatic heterocycles. The molecule has 2 rings (SSSR count). The Bertz CT molecular complexity index is 681. The topological polar surface area (TPSA) is 77.6 Å². The van der Waals surface area contributed by atoms with Gasteiger partial charge in [-0.15, -0.1) is 11.5 Å². The Morgan fingerprint density at radius 3 is 2.89 bits per heavy atom. The molecule has 0 amide bonds. The summed E-state index contributed by atoms with van der Waals surface area (Å²) in [5.74, 6) is 2.34. The molecule has 8 nitrogen and oxygen atoms in total. The van der Waals surface area contributed by atoms with Gasteiger partial charge in [0.1, 0.15) is 18.6 Å². The van der Waals surface area contributed by atoms with Gasteiger partial charge < -0.3 is 4.74 Å². The molecule has 2 aromatic rings. The Morgan fingerprint density at radius 1 is 1.58 bits per heavy atom. The molecule has 2 heterocycles. The summed E-state index contributed by atoms with van der Waals surface area (Å²) in [7, 11) is 5.24. The highest BCUT2D eigenvalue weighted by Crippen LogP contribution is 2.19. The van der Waals surface area contributed by atoms with E-state index < -0.39 is 6.23 Å². The Kier molecular flexibility index (Phi) is 3.59. The third-order valence-corrected chi connectivity index (χ3v) is 2.61. The van der Waals surface area contributed by atoms with Crippen LogP contribution < -0.4 is 5.69 Å². The molecular weight excluding hydrogens is 248 g/mol. The number of hydrogen-bond donors (Lipinski definition) is 0. The monoisotopic (exact) mass is 262 g/mol. The minimum absolute atomic E-state index is 0.0661. The number of rotatable bonds is 4. The van der Waals surface area contributed by atoms with Gasteiger partial charge in [0.25, 0.3) is 0 Å². The largest absolute Gasteiger partial charge is 0.360 e. The van der Waals surface area contributed by atoms with Crippen molar-refractivity contribution in [1.82, 2.24) is 29.3 Å². The van der Waals surface area contributed by atoms with Crippen LogP contribution in [0, 0.1) is 12.3 Å². The summed E-state index contributed by atoms with van der Waals surface area (Å²) in [5, 5.41) is 7.76. The first-order valence-corrected chi connectivity index (χ1v) is 5.53. The van der Waals surface area contributed by atoms with Gasteiger partial charge in [0, 0.05) is 7.11 Å². The molecule has 100 valence electrons. The highest BCUT2D eigenvalue weighted by Gasteiger charge is 2.21. The summed E-state index contributed by atoms with van der Waals surface area (Å²) in [6.45, 7) is 0.0661. The molecule has 0 unspecified atom stereocenters. The second-order valence-corrected chi connectivity index (χ2v) is 4.11. The van der Waals surface area contributed by atoms with Crippen LogP contribution in [-0.2, 0) is 11.3 Å². The van der Waals surface area contributed by atoms with Gasteiger partial charge in [0.2, 0.25) is 0 Å². The first-order valence-electron chi connectivity index (χ1n) is 5.53. The molecule has 0 aliphatic rings. The van der Waals surface area contributed by atoms with Crippen LogP contribution >= 0.6 is 0 Å². The second kappa shape index (κ2) is 5.17. The van der Waals surface area contributed by atoms with E-state index in [1.165, 1.54) is 10.7 Å². The van der Waals surface area contributed by atoms with Crippen LogP contribution in [0.15, 0.2) is 11.1 Å². The molecule has 0 radical (unpaired) electrons. The fourth-order valence-electron chi connectivity index (χ4n) is 1.78. The van der Waals surface area contributed by atoms with Crippen molar-refractivity contribution in [3.05, 3.63) is 22.5 Å². The lowest BCUT2D eigenvalue weighted by Gasteiger charge is -2.20. The Balaban J connectivity index is 2.60. The molecule has 0 N–H and O–H groups in total. The van der Waals surface area contributed by atoms with E-state index in [4.69, 9.17) is 11.2 Å². The van der Waals surface area contributed by atoms with Crippen LogP contribution in [0.4, 0.5) is 0 Å². The van der Waals surface area contributed by atoms with Gasteiger partial charge in [-0.25, -0.2) is 14.2 Å². The zero-order valence-electron chi connectivity index (χ0n) is 10.9. The van der Waals surface area contributed by atoms with E-state index in [9.17, 15) is 4.79 Å². The van der Waals surface area contributed by atoms with Crippen LogP contribution in [0.25, 0.3) is 5.65 Å². The third kappa shape index (κ3) is 2.21. The van der Waals surface area contributed by atoms with Crippen molar-refractivity contribution in [1.29, 1.82) is 0 Å². The number of ether oxygens (including phenoxy) is 1. The van der Waals surface area contributed by atoms with Crippen LogP contribution in [0.5, 0.6) is 0 Å². The zero-order valence-corrected chi connectivity index (χ0v) is 10.9. The molecule has 0 saturated heterocycles. The van der Waals surface area contributed by atoms with Crippen LogP contribution in [0.1, 0.15) is 11.9 Å². The van der Waals surface area contributed by atoms with Gasteiger partial charge in [-0.3, -0.25) is 4.90 Å². The van der Waals surface area contributed by atoms with E-state index in [-0.39, 0.29) is 12.2 Å². The molecule has 0 fully saturated rings. The van der Waals surface area contributed by atoms with Crippen molar-refractivity contribution in [2.24, 2.45) is 0 Å². The van der Waals surface area contributed by atoms with E-state index in [0.717, 1.165) is 4.68 Å². The maximum atomic E-state index is 12.0. The van der Waals surface area contributed by atoms with Crippen molar-refractivity contribution in [3.8, 4) is 12.3 Å². The smallest absolute Gasteiger partial charge is 0.353 e. The van der Waals surface area contributed by atoms with Crippen molar-refractivity contribution in [3.63, 3.8) is 0 Å². The number of terminal acetylenes is 1. The number of nitrogens with zero attached hydrogens (tertiary/aromatic N) is 6. The average Bonchev–Trinajstić information content (AvgIpc) is 2.78. The molecule has 0 bridgehead atoms. The molecule has 8 heteroatoms. The van der Waals surface area contributed by atoms with E-state index in [1.54, 1.807) is 7.11 Å². The Hall–Kier alpha value is -2.24. The fourth-order valence-corrected chi connectivity index (χ4v) is 1.78. The van der Waals surface area contributed by atoms with Crippen molar-refractivity contribution < 1.29 is 4.74 Å². The number of hydrogen-bond acceptors (Lipinski definition) is 6. The molecule has 0 aliphatic carbocycles. The standard InChI is InChI=1S/C11H14N6O2/c1-5-6-17-11(18)16-7-12-8(9(16)13-14-17)10(19-4)15(2)3/h1,7,10H,6H2,2-4H3/t10-/m1/s1. The SMILES string of the molecule is C#CCn1nnc2c([C@@H](OC)N(C)C)ncn2c1=O. The second-order valence-electron chi connectivity index (χ2n) is 4.11. The minimum Gasteiger partial charge on any atom is -0.360 e. The molecule has 2 aromatic heterocycles. The molecule has 1 atom stereocenters. The van der Waals surface area contributed by atoms with Crippen molar-refractivity contribution in [2.75, 3.05) is 21.2 Å². The predicted octanol–water partition coefficient (Wildman–Crippen LogP) is -0.874. The quantitative estimate of drug-likeness (QED) is 0.526. The summed E-state index contributed by atoms with van der Waals surface area (Å²) in [6.07, 6.45) is 6.15. The number of methoxy groups -OCH3 is 1. The van der Waals surface area contributed by atoms with Crippen LogP contribution in [0.2, 0.25) is 0 Å². The van der Waals surface area contributed by atoms with Gasteiger partial charge in [-0.1, -0.05) is 11.1 Å². The number of aromatic nitrogens is 5. The van der Waals surface area contributed by atoms with Crippen LogP contribution in [-0.4, -0.2) is 50.5 Å². The van der Waals surface area contributed by atoms with E-state index in [2.05, 4.69) is 21.2 Å². The highest BCUT2D eigenvalue weighted by atomic mass is 16.5. The number of fused-ring (bicyclic) bond motifs is 1. The van der Waals surface area contributed by atoms with Crippen molar-refractivity contribution >= 4 is 5.65 Å². The normalized spacial score (nSPS) is 12.8. The summed E-state index contributed by atoms with van der Waals surface area (Å²) in [6, 6.07) is 0. The van der Waals surface area contributed by atoms with Gasteiger partial charge in [0.15, 0.2) is 11.9 Å². The highest BCUT2D eigenvalue weighted by molar-refractivity contribution is 5.43. The summed E-state index contributed by atoms with van der Waals surface area (Å²) in [4.78, 5) is 18.0. The lowest BCUT2D eigenvalue weighted by Crippen LogP contribution is -2.30. The van der Waals surface area contributed by atoms with Crippen molar-refractivity contribution in [2.45, 2.75) is 12.8 Å². The van der Waals surface area contributed by atoms with Gasteiger partial charge >= 0.3 is 5.69 Å².